The lowest BCUT2D eigenvalue weighted by atomic mass is 9.65. The summed E-state index contributed by atoms with van der Waals surface area (Å²) in [5.41, 5.74) is 0.0417. The molecule has 3 aliphatic rings. The maximum absolute atomic E-state index is 11.4. The molecule has 3 rings (SSSR count). The third-order valence-corrected chi connectivity index (χ3v) is 5.08. The average molecular weight is 180 g/mol. The number of hydrogen-bond donors (Lipinski definition) is 0. The van der Waals surface area contributed by atoms with Crippen molar-refractivity contribution in [3.05, 3.63) is 0 Å². The number of esters is 1. The zero-order chi connectivity index (χ0) is 9.27. The molecule has 2 heteroatoms. The van der Waals surface area contributed by atoms with E-state index in [9.17, 15) is 4.79 Å². The molecular weight excluding hydrogens is 164 g/mol. The van der Waals surface area contributed by atoms with Crippen molar-refractivity contribution in [2.24, 2.45) is 17.3 Å². The molecule has 0 spiro atoms. The van der Waals surface area contributed by atoms with Crippen molar-refractivity contribution in [1.29, 1.82) is 0 Å². The van der Waals surface area contributed by atoms with Crippen LogP contribution in [-0.4, -0.2) is 11.6 Å². The maximum atomic E-state index is 11.4. The van der Waals surface area contributed by atoms with Crippen molar-refractivity contribution < 1.29 is 9.53 Å². The zero-order valence-corrected chi connectivity index (χ0v) is 8.30. The van der Waals surface area contributed by atoms with Crippen molar-refractivity contribution in [2.75, 3.05) is 0 Å². The van der Waals surface area contributed by atoms with Crippen molar-refractivity contribution in [2.45, 2.75) is 45.1 Å². The molecule has 2 bridgehead atoms. The minimum absolute atomic E-state index is 0.0293. The van der Waals surface area contributed by atoms with E-state index in [0.717, 1.165) is 5.92 Å². The van der Waals surface area contributed by atoms with E-state index >= 15 is 0 Å². The number of ether oxygens (including phenoxy) is 1. The molecule has 0 amide bonds. The summed E-state index contributed by atoms with van der Waals surface area (Å²) in [7, 11) is 0. The van der Waals surface area contributed by atoms with E-state index < -0.39 is 0 Å². The lowest BCUT2D eigenvalue weighted by Crippen LogP contribution is -2.45. The highest BCUT2D eigenvalue weighted by Crippen LogP contribution is 2.67. The largest absolute Gasteiger partial charge is 0.458 e. The fraction of sp³-hybridized carbons (Fsp3) is 0.909. The highest BCUT2D eigenvalue weighted by molar-refractivity contribution is 5.74. The summed E-state index contributed by atoms with van der Waals surface area (Å²) >= 11 is 0. The Morgan fingerprint density at radius 3 is 2.69 bits per heavy atom. The summed E-state index contributed by atoms with van der Waals surface area (Å²) in [4.78, 5) is 11.4. The second-order valence-electron chi connectivity index (χ2n) is 5.38. The first-order valence-electron chi connectivity index (χ1n) is 5.28. The highest BCUT2D eigenvalue weighted by Gasteiger charge is 2.68. The zero-order valence-electron chi connectivity index (χ0n) is 8.30. The first-order valence-corrected chi connectivity index (χ1v) is 5.28. The van der Waals surface area contributed by atoms with E-state index in [0.29, 0.717) is 12.3 Å². The summed E-state index contributed by atoms with van der Waals surface area (Å²) in [5.74, 6) is 1.42. The van der Waals surface area contributed by atoms with Crippen molar-refractivity contribution in [3.8, 4) is 0 Å². The molecule has 72 valence electrons. The van der Waals surface area contributed by atoms with Gasteiger partial charge in [0, 0.05) is 5.41 Å². The van der Waals surface area contributed by atoms with Crippen LogP contribution in [0.1, 0.15) is 39.5 Å². The van der Waals surface area contributed by atoms with Gasteiger partial charge in [0.25, 0.3) is 0 Å². The van der Waals surface area contributed by atoms with Crippen LogP contribution < -0.4 is 0 Å². The number of hydrogen-bond acceptors (Lipinski definition) is 2. The molecular formula is C11H16O2. The Kier molecular flexibility index (Phi) is 1.17. The molecule has 13 heavy (non-hydrogen) atoms. The van der Waals surface area contributed by atoms with Crippen molar-refractivity contribution in [1.82, 2.24) is 0 Å². The number of fused-ring (bicyclic) bond motifs is 5. The summed E-state index contributed by atoms with van der Waals surface area (Å²) in [5, 5.41) is 0. The molecule has 0 aromatic heterocycles. The SMILES string of the molecule is CC12CC(=O)OC1(C)C1CCC2C1. The summed E-state index contributed by atoms with van der Waals surface area (Å²) < 4.78 is 5.57. The van der Waals surface area contributed by atoms with Gasteiger partial charge in [0.05, 0.1) is 6.42 Å². The first-order chi connectivity index (χ1) is 6.06. The lowest BCUT2D eigenvalue weighted by molar-refractivity contribution is -0.154. The van der Waals surface area contributed by atoms with Gasteiger partial charge in [-0.25, -0.2) is 0 Å². The number of carbonyl (C=O) groups is 1. The van der Waals surface area contributed by atoms with E-state index in [-0.39, 0.29) is 17.0 Å². The first kappa shape index (κ1) is 7.84. The Hall–Kier alpha value is -0.530. The van der Waals surface area contributed by atoms with Crippen LogP contribution >= 0.6 is 0 Å². The molecule has 1 aliphatic heterocycles. The van der Waals surface area contributed by atoms with Crippen LogP contribution in [0.2, 0.25) is 0 Å². The van der Waals surface area contributed by atoms with Crippen LogP contribution in [0.5, 0.6) is 0 Å². The van der Waals surface area contributed by atoms with Crippen molar-refractivity contribution in [3.63, 3.8) is 0 Å². The molecule has 0 N–H and O–H groups in total. The molecule has 3 fully saturated rings. The molecule has 2 aliphatic carbocycles. The fourth-order valence-corrected chi connectivity index (χ4v) is 4.02. The van der Waals surface area contributed by atoms with Gasteiger partial charge in [-0.15, -0.1) is 0 Å². The topological polar surface area (TPSA) is 26.3 Å². The summed E-state index contributed by atoms with van der Waals surface area (Å²) in [6, 6.07) is 0. The average Bonchev–Trinajstić information content (AvgIpc) is 2.59. The van der Waals surface area contributed by atoms with E-state index in [2.05, 4.69) is 13.8 Å². The summed E-state index contributed by atoms with van der Waals surface area (Å²) in [6.07, 6.45) is 4.53. The Labute approximate surface area is 78.6 Å². The number of rotatable bonds is 0. The van der Waals surface area contributed by atoms with E-state index in [1.807, 2.05) is 0 Å². The van der Waals surface area contributed by atoms with E-state index in [1.165, 1.54) is 19.3 Å². The normalized spacial score (nSPS) is 58.2. The van der Waals surface area contributed by atoms with Gasteiger partial charge in [0.2, 0.25) is 0 Å². The predicted molar refractivity (Wildman–Crippen MR) is 48.1 cm³/mol. The molecule has 1 saturated heterocycles. The molecule has 1 heterocycles. The molecule has 2 saturated carbocycles. The third-order valence-electron chi connectivity index (χ3n) is 5.08. The molecule has 0 radical (unpaired) electrons. The number of carbonyl (C=O) groups excluding carboxylic acids is 1. The molecule has 4 atom stereocenters. The lowest BCUT2D eigenvalue weighted by Gasteiger charge is -2.41. The highest BCUT2D eigenvalue weighted by atomic mass is 16.6. The van der Waals surface area contributed by atoms with Gasteiger partial charge in [-0.05, 0) is 38.0 Å². The van der Waals surface area contributed by atoms with Gasteiger partial charge in [-0.1, -0.05) is 6.92 Å². The van der Waals surface area contributed by atoms with Crippen LogP contribution in [0.15, 0.2) is 0 Å². The quantitative estimate of drug-likeness (QED) is 0.534. The third kappa shape index (κ3) is 0.660. The van der Waals surface area contributed by atoms with Gasteiger partial charge in [0.15, 0.2) is 0 Å². The second kappa shape index (κ2) is 1.94. The van der Waals surface area contributed by atoms with Crippen LogP contribution in [0.3, 0.4) is 0 Å². The van der Waals surface area contributed by atoms with Gasteiger partial charge in [-0.2, -0.15) is 0 Å². The Bertz CT molecular complexity index is 260. The molecule has 4 unspecified atom stereocenters. The fourth-order valence-electron chi connectivity index (χ4n) is 4.02. The molecule has 0 aromatic rings. The van der Waals surface area contributed by atoms with Crippen LogP contribution in [0.25, 0.3) is 0 Å². The monoisotopic (exact) mass is 180 g/mol. The van der Waals surface area contributed by atoms with Gasteiger partial charge in [-0.3, -0.25) is 4.79 Å². The Morgan fingerprint density at radius 1 is 1.31 bits per heavy atom. The van der Waals surface area contributed by atoms with Crippen molar-refractivity contribution >= 4 is 5.97 Å². The van der Waals surface area contributed by atoms with Crippen LogP contribution in [-0.2, 0) is 9.53 Å². The predicted octanol–water partition coefficient (Wildman–Crippen LogP) is 2.13. The minimum Gasteiger partial charge on any atom is -0.458 e. The maximum Gasteiger partial charge on any atom is 0.307 e. The van der Waals surface area contributed by atoms with Gasteiger partial charge >= 0.3 is 5.97 Å². The van der Waals surface area contributed by atoms with E-state index in [4.69, 9.17) is 4.74 Å². The minimum atomic E-state index is -0.118. The second-order valence-corrected chi connectivity index (χ2v) is 5.38. The van der Waals surface area contributed by atoms with Crippen LogP contribution in [0, 0.1) is 17.3 Å². The Morgan fingerprint density at radius 2 is 2.00 bits per heavy atom. The molecule has 0 aromatic carbocycles. The summed E-state index contributed by atoms with van der Waals surface area (Å²) in [6.45, 7) is 4.41. The standard InChI is InChI=1S/C11H16O2/c1-10-6-9(12)13-11(10,2)8-4-3-7(10)5-8/h7-8H,3-6H2,1-2H3. The van der Waals surface area contributed by atoms with Gasteiger partial charge < -0.3 is 4.74 Å². The smallest absolute Gasteiger partial charge is 0.307 e. The molecule has 2 nitrogen and oxygen atoms in total. The van der Waals surface area contributed by atoms with E-state index in [1.54, 1.807) is 0 Å². The van der Waals surface area contributed by atoms with Crippen LogP contribution in [0.4, 0.5) is 0 Å². The Balaban J connectivity index is 2.10. The van der Waals surface area contributed by atoms with Gasteiger partial charge in [0.1, 0.15) is 5.60 Å².